The van der Waals surface area contributed by atoms with Crippen molar-refractivity contribution in [2.45, 2.75) is 0 Å². The molecule has 1 aromatic carbocycles. The van der Waals surface area contributed by atoms with Gasteiger partial charge in [0.15, 0.2) is 5.82 Å². The SMILES string of the molecule is [c]1ccc(-c2ccsc2-c2nnn[nH]2)cc1. The van der Waals surface area contributed by atoms with Gasteiger partial charge in [-0.25, -0.2) is 5.10 Å². The topological polar surface area (TPSA) is 54.5 Å². The summed E-state index contributed by atoms with van der Waals surface area (Å²) in [5.74, 6) is 0.706. The molecule has 2 aromatic heterocycles. The highest BCUT2D eigenvalue weighted by Gasteiger charge is 2.11. The van der Waals surface area contributed by atoms with Crippen LogP contribution >= 0.6 is 11.3 Å². The van der Waals surface area contributed by atoms with E-state index in [4.69, 9.17) is 0 Å². The molecule has 0 unspecified atom stereocenters. The zero-order chi connectivity index (χ0) is 10.8. The molecule has 4 nitrogen and oxygen atoms in total. The Balaban J connectivity index is 2.14. The van der Waals surface area contributed by atoms with Gasteiger partial charge in [-0.2, -0.15) is 0 Å². The molecule has 77 valence electrons. The maximum atomic E-state index is 3.93. The van der Waals surface area contributed by atoms with Gasteiger partial charge in [-0.3, -0.25) is 0 Å². The van der Waals surface area contributed by atoms with Gasteiger partial charge in [0.1, 0.15) is 0 Å². The van der Waals surface area contributed by atoms with E-state index < -0.39 is 0 Å². The van der Waals surface area contributed by atoms with Crippen LogP contribution in [0.15, 0.2) is 35.7 Å². The highest BCUT2D eigenvalue weighted by Crippen LogP contribution is 2.34. The smallest absolute Gasteiger partial charge is 0.190 e. The molecule has 2 heterocycles. The number of hydrogen-bond acceptors (Lipinski definition) is 4. The zero-order valence-corrected chi connectivity index (χ0v) is 9.03. The van der Waals surface area contributed by atoms with E-state index in [0.717, 1.165) is 16.0 Å². The van der Waals surface area contributed by atoms with Gasteiger partial charge in [0.05, 0.1) is 4.88 Å². The summed E-state index contributed by atoms with van der Waals surface area (Å²) in [5.41, 5.74) is 2.28. The van der Waals surface area contributed by atoms with Crippen molar-refractivity contribution in [2.75, 3.05) is 0 Å². The minimum Gasteiger partial charge on any atom is -0.238 e. The Morgan fingerprint density at radius 3 is 2.81 bits per heavy atom. The Kier molecular flexibility index (Phi) is 2.23. The molecule has 0 saturated carbocycles. The zero-order valence-electron chi connectivity index (χ0n) is 8.21. The van der Waals surface area contributed by atoms with Crippen LogP contribution < -0.4 is 0 Å². The van der Waals surface area contributed by atoms with Crippen molar-refractivity contribution in [2.24, 2.45) is 0 Å². The number of tetrazole rings is 1. The van der Waals surface area contributed by atoms with Gasteiger partial charge in [0.2, 0.25) is 0 Å². The van der Waals surface area contributed by atoms with Crippen molar-refractivity contribution >= 4 is 11.3 Å². The molecule has 0 saturated heterocycles. The van der Waals surface area contributed by atoms with Crippen LogP contribution in [-0.2, 0) is 0 Å². The van der Waals surface area contributed by atoms with Crippen molar-refractivity contribution in [1.29, 1.82) is 0 Å². The number of aromatic amines is 1. The lowest BCUT2D eigenvalue weighted by atomic mass is 10.1. The van der Waals surface area contributed by atoms with Gasteiger partial charge in [-0.15, -0.1) is 16.4 Å². The second kappa shape index (κ2) is 3.86. The predicted molar refractivity (Wildman–Crippen MR) is 61.8 cm³/mol. The first-order valence-corrected chi connectivity index (χ1v) is 5.61. The van der Waals surface area contributed by atoms with E-state index in [9.17, 15) is 0 Å². The molecule has 1 radical (unpaired) electrons. The number of thiophene rings is 1. The summed E-state index contributed by atoms with van der Waals surface area (Å²) in [5, 5.41) is 15.9. The van der Waals surface area contributed by atoms with Crippen LogP contribution in [0.4, 0.5) is 0 Å². The lowest BCUT2D eigenvalue weighted by Gasteiger charge is -1.99. The first kappa shape index (κ1) is 9.23. The first-order valence-electron chi connectivity index (χ1n) is 4.73. The van der Waals surface area contributed by atoms with Gasteiger partial charge in [-0.05, 0) is 33.5 Å². The molecule has 1 N–H and O–H groups in total. The molecule has 0 atom stereocenters. The predicted octanol–water partition coefficient (Wildman–Crippen LogP) is 2.40. The van der Waals surface area contributed by atoms with Crippen molar-refractivity contribution in [3.8, 4) is 21.8 Å². The van der Waals surface area contributed by atoms with Crippen LogP contribution in [-0.4, -0.2) is 20.6 Å². The van der Waals surface area contributed by atoms with Crippen molar-refractivity contribution < 1.29 is 0 Å². The summed E-state index contributed by atoms with van der Waals surface area (Å²) in [4.78, 5) is 1.05. The Labute approximate surface area is 96.0 Å². The third-order valence-electron chi connectivity index (χ3n) is 2.25. The minimum atomic E-state index is 0.706. The fourth-order valence-corrected chi connectivity index (χ4v) is 2.39. The maximum absolute atomic E-state index is 3.93. The molecule has 5 heteroatoms. The molecule has 0 bridgehead atoms. The summed E-state index contributed by atoms with van der Waals surface area (Å²) >= 11 is 1.62. The monoisotopic (exact) mass is 227 g/mol. The molecular formula is C11H7N4S. The molecule has 0 aliphatic heterocycles. The number of rotatable bonds is 2. The third kappa shape index (κ3) is 1.51. The second-order valence-electron chi connectivity index (χ2n) is 3.20. The summed E-state index contributed by atoms with van der Waals surface area (Å²) in [7, 11) is 0. The molecule has 0 spiro atoms. The summed E-state index contributed by atoms with van der Waals surface area (Å²) in [6.07, 6.45) is 0. The van der Waals surface area contributed by atoms with E-state index in [0.29, 0.717) is 5.82 Å². The summed E-state index contributed by atoms with van der Waals surface area (Å²) in [6, 6.07) is 12.9. The van der Waals surface area contributed by atoms with Gasteiger partial charge in [-0.1, -0.05) is 24.3 Å². The van der Waals surface area contributed by atoms with Gasteiger partial charge >= 0.3 is 0 Å². The number of aromatic nitrogens is 4. The lowest BCUT2D eigenvalue weighted by Crippen LogP contribution is -1.81. The first-order chi connectivity index (χ1) is 7.95. The minimum absolute atomic E-state index is 0.706. The van der Waals surface area contributed by atoms with Gasteiger partial charge in [0, 0.05) is 5.56 Å². The molecule has 0 fully saturated rings. The molecule has 0 aliphatic rings. The number of benzene rings is 1. The summed E-state index contributed by atoms with van der Waals surface area (Å²) < 4.78 is 0. The van der Waals surface area contributed by atoms with E-state index in [1.165, 1.54) is 0 Å². The average molecular weight is 227 g/mol. The quantitative estimate of drug-likeness (QED) is 0.731. The Morgan fingerprint density at radius 1 is 1.19 bits per heavy atom. The van der Waals surface area contributed by atoms with Crippen molar-refractivity contribution in [3.05, 3.63) is 41.8 Å². The summed E-state index contributed by atoms with van der Waals surface area (Å²) in [6.45, 7) is 0. The van der Waals surface area contributed by atoms with Crippen LogP contribution in [0.3, 0.4) is 0 Å². The van der Waals surface area contributed by atoms with E-state index in [1.54, 1.807) is 11.3 Å². The Morgan fingerprint density at radius 2 is 2.06 bits per heavy atom. The van der Waals surface area contributed by atoms with Crippen molar-refractivity contribution in [3.63, 3.8) is 0 Å². The maximum Gasteiger partial charge on any atom is 0.190 e. The standard InChI is InChI=1S/C11H7N4S/c1-2-4-8(5-3-1)9-6-7-16-10(9)11-12-14-15-13-11/h2-7H,(H,12,13,14,15). The number of H-pyrrole nitrogens is 1. The second-order valence-corrected chi connectivity index (χ2v) is 4.12. The molecule has 0 aliphatic carbocycles. The van der Waals surface area contributed by atoms with Gasteiger partial charge < -0.3 is 0 Å². The molecule has 16 heavy (non-hydrogen) atoms. The van der Waals surface area contributed by atoms with E-state index in [-0.39, 0.29) is 0 Å². The lowest BCUT2D eigenvalue weighted by molar-refractivity contribution is 0.881. The Bertz CT molecular complexity index is 571. The van der Waals surface area contributed by atoms with Crippen LogP contribution in [0, 0.1) is 6.07 Å². The van der Waals surface area contributed by atoms with E-state index >= 15 is 0 Å². The molecule has 3 aromatic rings. The van der Waals surface area contributed by atoms with Gasteiger partial charge in [0.25, 0.3) is 0 Å². The van der Waals surface area contributed by atoms with Crippen LogP contribution in [0.25, 0.3) is 21.8 Å². The van der Waals surface area contributed by atoms with Crippen LogP contribution in [0.2, 0.25) is 0 Å². The molecule has 3 rings (SSSR count). The molecular weight excluding hydrogens is 220 g/mol. The fourth-order valence-electron chi connectivity index (χ4n) is 1.54. The Hall–Kier alpha value is -2.01. The number of hydrogen-bond donors (Lipinski definition) is 1. The van der Waals surface area contributed by atoms with E-state index in [1.807, 2.05) is 29.6 Å². The highest BCUT2D eigenvalue weighted by molar-refractivity contribution is 7.14. The largest absolute Gasteiger partial charge is 0.238 e. The number of nitrogens with zero attached hydrogens (tertiary/aromatic N) is 3. The highest BCUT2D eigenvalue weighted by atomic mass is 32.1. The number of nitrogens with one attached hydrogen (secondary N) is 1. The third-order valence-corrected chi connectivity index (χ3v) is 3.18. The van der Waals surface area contributed by atoms with Crippen molar-refractivity contribution in [1.82, 2.24) is 20.6 Å². The normalized spacial score (nSPS) is 10.5. The van der Waals surface area contributed by atoms with Crippen LogP contribution in [0.5, 0.6) is 0 Å². The van der Waals surface area contributed by atoms with E-state index in [2.05, 4.69) is 32.8 Å². The fraction of sp³-hybridized carbons (Fsp3) is 0. The van der Waals surface area contributed by atoms with Crippen LogP contribution in [0.1, 0.15) is 0 Å². The molecule has 0 amide bonds. The average Bonchev–Trinajstić information content (AvgIpc) is 3.01.